The molecule has 20 heavy (non-hydrogen) atoms. The maximum Gasteiger partial charge on any atom is 0.344 e. The van der Waals surface area contributed by atoms with Crippen LogP contribution in [0.1, 0.15) is 30.0 Å². The minimum absolute atomic E-state index is 0.202. The van der Waals surface area contributed by atoms with Crippen molar-refractivity contribution in [2.24, 2.45) is 0 Å². The van der Waals surface area contributed by atoms with Crippen LogP contribution in [0.15, 0.2) is 28.2 Å². The van der Waals surface area contributed by atoms with Crippen molar-refractivity contribution in [1.29, 1.82) is 5.26 Å². The molecule has 1 aromatic carbocycles. The summed E-state index contributed by atoms with van der Waals surface area (Å²) in [6.45, 7) is 0. The summed E-state index contributed by atoms with van der Waals surface area (Å²) in [5.41, 5.74) is 0.790. The second-order valence-corrected chi connectivity index (χ2v) is 5.60. The predicted octanol–water partition coefficient (Wildman–Crippen LogP) is 2.21. The first kappa shape index (κ1) is 12.9. The van der Waals surface area contributed by atoms with E-state index in [2.05, 4.69) is 10.2 Å². The van der Waals surface area contributed by atoms with Gasteiger partial charge in [-0.3, -0.25) is 4.57 Å². The van der Waals surface area contributed by atoms with E-state index in [0.29, 0.717) is 22.0 Å². The molecule has 1 N–H and O–H groups in total. The van der Waals surface area contributed by atoms with E-state index in [-0.39, 0.29) is 11.7 Å². The molecule has 1 aliphatic rings. The molecule has 1 saturated carbocycles. The number of aromatic nitrogens is 3. The van der Waals surface area contributed by atoms with Gasteiger partial charge in [0.15, 0.2) is 5.16 Å². The van der Waals surface area contributed by atoms with Gasteiger partial charge in [0.1, 0.15) is 5.82 Å². The average Bonchev–Trinajstić information content (AvgIpc) is 3.19. The van der Waals surface area contributed by atoms with Crippen molar-refractivity contribution in [3.63, 3.8) is 0 Å². The van der Waals surface area contributed by atoms with Crippen LogP contribution in [-0.4, -0.2) is 14.8 Å². The highest BCUT2D eigenvalue weighted by molar-refractivity contribution is 7.98. The van der Waals surface area contributed by atoms with Gasteiger partial charge < -0.3 is 0 Å². The van der Waals surface area contributed by atoms with E-state index in [9.17, 15) is 9.18 Å². The zero-order chi connectivity index (χ0) is 14.1. The van der Waals surface area contributed by atoms with Crippen LogP contribution in [0.25, 0.3) is 0 Å². The highest BCUT2D eigenvalue weighted by Gasteiger charge is 2.28. The monoisotopic (exact) mass is 290 g/mol. The van der Waals surface area contributed by atoms with Gasteiger partial charge in [-0.15, -0.1) is 5.10 Å². The number of H-pyrrole nitrogens is 1. The molecule has 5 nitrogen and oxygen atoms in total. The number of hydrogen-bond acceptors (Lipinski definition) is 4. The van der Waals surface area contributed by atoms with Crippen LogP contribution in [0, 0.1) is 17.1 Å². The van der Waals surface area contributed by atoms with E-state index in [0.717, 1.165) is 12.8 Å². The molecule has 0 spiro atoms. The van der Waals surface area contributed by atoms with Crippen molar-refractivity contribution >= 4 is 11.8 Å². The van der Waals surface area contributed by atoms with E-state index in [4.69, 9.17) is 5.26 Å². The number of nitrogens with one attached hydrogen (secondary N) is 1. The summed E-state index contributed by atoms with van der Waals surface area (Å²) in [7, 11) is 0. The lowest BCUT2D eigenvalue weighted by Crippen LogP contribution is -2.16. The molecule has 1 heterocycles. The van der Waals surface area contributed by atoms with Crippen LogP contribution in [0.3, 0.4) is 0 Å². The van der Waals surface area contributed by atoms with Gasteiger partial charge in [0.25, 0.3) is 0 Å². The molecule has 3 rings (SSSR count). The SMILES string of the molecule is N#Cc1cc(F)cc(CSc2n[nH]c(=O)n2C2CC2)c1. The number of benzene rings is 1. The first-order chi connectivity index (χ1) is 9.67. The molecule has 0 atom stereocenters. The number of nitrogens with zero attached hydrogens (tertiary/aromatic N) is 3. The zero-order valence-corrected chi connectivity index (χ0v) is 11.3. The van der Waals surface area contributed by atoms with E-state index in [1.807, 2.05) is 6.07 Å². The van der Waals surface area contributed by atoms with Gasteiger partial charge in [0, 0.05) is 11.8 Å². The summed E-state index contributed by atoms with van der Waals surface area (Å²) in [5.74, 6) is 0.0324. The lowest BCUT2D eigenvalue weighted by molar-refractivity contribution is 0.625. The van der Waals surface area contributed by atoms with Crippen LogP contribution >= 0.6 is 11.8 Å². The van der Waals surface area contributed by atoms with E-state index < -0.39 is 5.82 Å². The fraction of sp³-hybridized carbons (Fsp3) is 0.308. The molecule has 1 aliphatic carbocycles. The molecule has 2 aromatic rings. The Morgan fingerprint density at radius 1 is 1.50 bits per heavy atom. The zero-order valence-electron chi connectivity index (χ0n) is 10.5. The van der Waals surface area contributed by atoms with Gasteiger partial charge in [-0.1, -0.05) is 11.8 Å². The number of halogens is 1. The molecule has 0 saturated heterocycles. The third-order valence-corrected chi connectivity index (χ3v) is 4.06. The van der Waals surface area contributed by atoms with Crippen LogP contribution in [-0.2, 0) is 5.75 Å². The second kappa shape index (κ2) is 5.13. The molecule has 1 fully saturated rings. The molecule has 0 radical (unpaired) electrons. The van der Waals surface area contributed by atoms with E-state index in [1.165, 1.54) is 23.9 Å². The number of aromatic amines is 1. The maximum atomic E-state index is 13.3. The summed E-state index contributed by atoms with van der Waals surface area (Å²) < 4.78 is 15.0. The summed E-state index contributed by atoms with van der Waals surface area (Å²) in [6.07, 6.45) is 1.98. The number of rotatable bonds is 4. The number of nitriles is 1. The summed E-state index contributed by atoms with van der Waals surface area (Å²) >= 11 is 1.36. The van der Waals surface area contributed by atoms with Gasteiger partial charge in [-0.05, 0) is 36.6 Å². The van der Waals surface area contributed by atoms with Gasteiger partial charge in [-0.2, -0.15) is 5.26 Å². The first-order valence-corrected chi connectivity index (χ1v) is 7.15. The molecular weight excluding hydrogens is 279 g/mol. The van der Waals surface area contributed by atoms with Crippen LogP contribution in [0.2, 0.25) is 0 Å². The predicted molar refractivity (Wildman–Crippen MR) is 71.8 cm³/mol. The maximum absolute atomic E-state index is 13.3. The fourth-order valence-electron chi connectivity index (χ4n) is 1.99. The Hall–Kier alpha value is -2.07. The van der Waals surface area contributed by atoms with Crippen molar-refractivity contribution in [1.82, 2.24) is 14.8 Å². The molecule has 0 amide bonds. The van der Waals surface area contributed by atoms with Crippen molar-refractivity contribution < 1.29 is 4.39 Å². The van der Waals surface area contributed by atoms with Crippen molar-refractivity contribution in [3.8, 4) is 6.07 Å². The Morgan fingerprint density at radius 3 is 3.00 bits per heavy atom. The second-order valence-electron chi connectivity index (χ2n) is 4.66. The average molecular weight is 290 g/mol. The topological polar surface area (TPSA) is 74.5 Å². The molecule has 102 valence electrons. The van der Waals surface area contributed by atoms with Crippen molar-refractivity contribution in [3.05, 3.63) is 45.6 Å². The van der Waals surface area contributed by atoms with Crippen LogP contribution < -0.4 is 5.69 Å². The van der Waals surface area contributed by atoms with Gasteiger partial charge in [0.2, 0.25) is 0 Å². The quantitative estimate of drug-likeness (QED) is 0.876. The lowest BCUT2D eigenvalue weighted by atomic mass is 10.1. The summed E-state index contributed by atoms with van der Waals surface area (Å²) in [4.78, 5) is 11.6. The Labute approximate surface area is 118 Å². The van der Waals surface area contributed by atoms with E-state index >= 15 is 0 Å². The molecule has 0 unspecified atom stereocenters. The minimum atomic E-state index is -0.429. The lowest BCUT2D eigenvalue weighted by Gasteiger charge is -2.04. The first-order valence-electron chi connectivity index (χ1n) is 6.16. The standard InChI is InChI=1S/C13H11FN4OS/c14-10-4-8(6-15)3-9(5-10)7-20-13-17-16-12(19)18(13)11-1-2-11/h3-5,11H,1-2,7H2,(H,16,19). The molecule has 0 bridgehead atoms. The largest absolute Gasteiger partial charge is 0.344 e. The Kier molecular flexibility index (Phi) is 3.32. The highest BCUT2D eigenvalue weighted by Crippen LogP contribution is 2.36. The third kappa shape index (κ3) is 2.60. The van der Waals surface area contributed by atoms with Gasteiger partial charge in [-0.25, -0.2) is 14.3 Å². The number of hydrogen-bond donors (Lipinski definition) is 1. The Bertz CT molecular complexity index is 742. The Balaban J connectivity index is 1.79. The highest BCUT2D eigenvalue weighted by atomic mass is 32.2. The molecule has 0 aliphatic heterocycles. The summed E-state index contributed by atoms with van der Waals surface area (Å²) in [6, 6.07) is 6.39. The van der Waals surface area contributed by atoms with Crippen molar-refractivity contribution in [2.75, 3.05) is 0 Å². The summed E-state index contributed by atoms with van der Waals surface area (Å²) in [5, 5.41) is 15.9. The number of thioether (sulfide) groups is 1. The van der Waals surface area contributed by atoms with Gasteiger partial charge >= 0.3 is 5.69 Å². The van der Waals surface area contributed by atoms with E-state index in [1.54, 1.807) is 10.6 Å². The Morgan fingerprint density at radius 2 is 2.30 bits per heavy atom. The van der Waals surface area contributed by atoms with Gasteiger partial charge in [0.05, 0.1) is 11.6 Å². The minimum Gasteiger partial charge on any atom is -0.267 e. The smallest absolute Gasteiger partial charge is 0.267 e. The van der Waals surface area contributed by atoms with Crippen LogP contribution in [0.4, 0.5) is 4.39 Å². The normalized spacial score (nSPS) is 14.2. The van der Waals surface area contributed by atoms with Crippen LogP contribution in [0.5, 0.6) is 0 Å². The fourth-order valence-corrected chi connectivity index (χ4v) is 2.94. The van der Waals surface area contributed by atoms with Crippen molar-refractivity contribution in [2.45, 2.75) is 29.8 Å². The molecular formula is C13H11FN4OS. The molecule has 1 aromatic heterocycles. The molecule has 7 heteroatoms. The third-order valence-electron chi connectivity index (χ3n) is 3.04.